The number of halogens is 2. The van der Waals surface area contributed by atoms with Crippen molar-refractivity contribution in [1.29, 1.82) is 0 Å². The molecule has 0 aliphatic carbocycles. The first kappa shape index (κ1) is 14.4. The number of benzene rings is 2. The molecule has 2 rings (SSSR count). The molecule has 4 nitrogen and oxygen atoms in total. The van der Waals surface area contributed by atoms with Crippen LogP contribution in [-0.2, 0) is 0 Å². The molecule has 0 saturated carbocycles. The molecule has 20 heavy (non-hydrogen) atoms. The standard InChI is InChI=1S/C14H10FIN2O2/c15-13-5-4-11(16)6-10(13)8-17-18-12-3-1-2-9(7-12)14(19)20/h1-8,18H,(H,19,20)/b17-8+. The zero-order chi connectivity index (χ0) is 14.5. The molecular weight excluding hydrogens is 374 g/mol. The summed E-state index contributed by atoms with van der Waals surface area (Å²) in [7, 11) is 0. The fraction of sp³-hybridized carbons (Fsp3) is 0. The van der Waals surface area contributed by atoms with Crippen LogP contribution in [0.3, 0.4) is 0 Å². The maximum absolute atomic E-state index is 13.5. The summed E-state index contributed by atoms with van der Waals surface area (Å²) in [4.78, 5) is 10.8. The van der Waals surface area contributed by atoms with E-state index in [9.17, 15) is 9.18 Å². The predicted molar refractivity (Wildman–Crippen MR) is 83.7 cm³/mol. The van der Waals surface area contributed by atoms with E-state index in [1.807, 2.05) is 0 Å². The summed E-state index contributed by atoms with van der Waals surface area (Å²) in [5.41, 5.74) is 3.71. The van der Waals surface area contributed by atoms with E-state index in [0.717, 1.165) is 3.57 Å². The van der Waals surface area contributed by atoms with Crippen LogP contribution in [0.25, 0.3) is 0 Å². The fourth-order valence-corrected chi connectivity index (χ4v) is 2.03. The molecule has 0 radical (unpaired) electrons. The van der Waals surface area contributed by atoms with Crippen LogP contribution >= 0.6 is 22.6 Å². The molecule has 0 bridgehead atoms. The van der Waals surface area contributed by atoms with E-state index in [1.54, 1.807) is 24.3 Å². The lowest BCUT2D eigenvalue weighted by molar-refractivity contribution is 0.0697. The molecule has 0 saturated heterocycles. The summed E-state index contributed by atoms with van der Waals surface area (Å²) in [6.45, 7) is 0. The van der Waals surface area contributed by atoms with Gasteiger partial charge in [0.05, 0.1) is 17.5 Å². The first-order valence-corrected chi connectivity index (χ1v) is 6.71. The number of hydrogen-bond donors (Lipinski definition) is 2. The van der Waals surface area contributed by atoms with E-state index < -0.39 is 5.97 Å². The summed E-state index contributed by atoms with van der Waals surface area (Å²) in [6, 6.07) is 10.9. The topological polar surface area (TPSA) is 61.7 Å². The Morgan fingerprint density at radius 3 is 2.85 bits per heavy atom. The number of nitrogens with one attached hydrogen (secondary N) is 1. The monoisotopic (exact) mass is 384 g/mol. The third-order valence-corrected chi connectivity index (χ3v) is 3.14. The summed E-state index contributed by atoms with van der Waals surface area (Å²) < 4.78 is 14.4. The molecular formula is C14H10FIN2O2. The maximum atomic E-state index is 13.5. The van der Waals surface area contributed by atoms with Crippen LogP contribution in [0.2, 0.25) is 0 Å². The number of carboxylic acid groups (broad SMARTS) is 1. The largest absolute Gasteiger partial charge is 0.478 e. The summed E-state index contributed by atoms with van der Waals surface area (Å²) in [5, 5.41) is 12.8. The van der Waals surface area contributed by atoms with Crippen molar-refractivity contribution in [2.24, 2.45) is 5.10 Å². The van der Waals surface area contributed by atoms with Gasteiger partial charge in [-0.15, -0.1) is 0 Å². The van der Waals surface area contributed by atoms with Gasteiger partial charge in [0.2, 0.25) is 0 Å². The number of hydrazone groups is 1. The lowest BCUT2D eigenvalue weighted by Gasteiger charge is -2.02. The summed E-state index contributed by atoms with van der Waals surface area (Å²) in [5.74, 6) is -1.38. The number of nitrogens with zero attached hydrogens (tertiary/aromatic N) is 1. The van der Waals surface area contributed by atoms with E-state index >= 15 is 0 Å². The van der Waals surface area contributed by atoms with Gasteiger partial charge >= 0.3 is 5.97 Å². The molecule has 6 heteroatoms. The van der Waals surface area contributed by atoms with Crippen molar-refractivity contribution in [3.8, 4) is 0 Å². The second-order valence-corrected chi connectivity index (χ2v) is 5.17. The number of anilines is 1. The average Bonchev–Trinajstić information content (AvgIpc) is 2.43. The highest BCUT2D eigenvalue weighted by Crippen LogP contribution is 2.12. The third kappa shape index (κ3) is 3.77. The Kier molecular flexibility index (Phi) is 4.67. The Hall–Kier alpha value is -1.96. The lowest BCUT2D eigenvalue weighted by atomic mass is 10.2. The third-order valence-electron chi connectivity index (χ3n) is 2.46. The van der Waals surface area contributed by atoms with E-state index in [4.69, 9.17) is 5.11 Å². The van der Waals surface area contributed by atoms with Crippen LogP contribution in [-0.4, -0.2) is 17.3 Å². The highest BCUT2D eigenvalue weighted by Gasteiger charge is 2.02. The van der Waals surface area contributed by atoms with E-state index in [1.165, 1.54) is 24.4 Å². The van der Waals surface area contributed by atoms with Crippen LogP contribution in [0.15, 0.2) is 47.6 Å². The molecule has 0 aliphatic heterocycles. The first-order valence-electron chi connectivity index (χ1n) is 5.64. The number of rotatable bonds is 4. The predicted octanol–water partition coefficient (Wildman–Crippen LogP) is 3.57. The lowest BCUT2D eigenvalue weighted by Crippen LogP contribution is -1.98. The average molecular weight is 384 g/mol. The van der Waals surface area contributed by atoms with Crippen molar-refractivity contribution in [1.82, 2.24) is 0 Å². The van der Waals surface area contributed by atoms with Crippen LogP contribution in [0.4, 0.5) is 10.1 Å². The maximum Gasteiger partial charge on any atom is 0.335 e. The quantitative estimate of drug-likeness (QED) is 0.481. The molecule has 2 aromatic carbocycles. The second-order valence-electron chi connectivity index (χ2n) is 3.92. The van der Waals surface area contributed by atoms with Gasteiger partial charge in [0.1, 0.15) is 5.82 Å². The van der Waals surface area contributed by atoms with Gasteiger partial charge in [-0.1, -0.05) is 6.07 Å². The number of aromatic carboxylic acids is 1. The highest BCUT2D eigenvalue weighted by atomic mass is 127. The number of carboxylic acids is 1. The minimum absolute atomic E-state index is 0.158. The molecule has 0 amide bonds. The van der Waals surface area contributed by atoms with Gasteiger partial charge in [0.25, 0.3) is 0 Å². The first-order chi connectivity index (χ1) is 9.56. The Morgan fingerprint density at radius 2 is 2.10 bits per heavy atom. The van der Waals surface area contributed by atoms with E-state index in [0.29, 0.717) is 11.3 Å². The molecule has 0 aliphatic rings. The van der Waals surface area contributed by atoms with Crippen molar-refractivity contribution in [2.75, 3.05) is 5.43 Å². The molecule has 0 spiro atoms. The number of carbonyl (C=O) groups is 1. The zero-order valence-corrected chi connectivity index (χ0v) is 12.3. The zero-order valence-electron chi connectivity index (χ0n) is 10.2. The normalized spacial score (nSPS) is 10.7. The molecule has 0 aromatic heterocycles. The number of hydrogen-bond acceptors (Lipinski definition) is 3. The molecule has 0 atom stereocenters. The molecule has 2 aromatic rings. The molecule has 0 unspecified atom stereocenters. The fourth-order valence-electron chi connectivity index (χ4n) is 1.51. The molecule has 2 N–H and O–H groups in total. The van der Waals surface area contributed by atoms with Gasteiger partial charge in [-0.05, 0) is 59.0 Å². The smallest absolute Gasteiger partial charge is 0.335 e. The minimum Gasteiger partial charge on any atom is -0.478 e. The van der Waals surface area contributed by atoms with E-state index in [2.05, 4.69) is 33.1 Å². The molecule has 0 heterocycles. The van der Waals surface area contributed by atoms with Gasteiger partial charge in [-0.2, -0.15) is 5.10 Å². The van der Waals surface area contributed by atoms with Gasteiger partial charge in [0.15, 0.2) is 0 Å². The van der Waals surface area contributed by atoms with Gasteiger partial charge in [0, 0.05) is 9.13 Å². The Bertz CT molecular complexity index is 674. The minimum atomic E-state index is -1.01. The van der Waals surface area contributed by atoms with Crippen LogP contribution in [0, 0.1) is 9.39 Å². The van der Waals surface area contributed by atoms with Crippen molar-refractivity contribution in [2.45, 2.75) is 0 Å². The second kappa shape index (κ2) is 6.47. The summed E-state index contributed by atoms with van der Waals surface area (Å²) in [6.07, 6.45) is 1.35. The van der Waals surface area contributed by atoms with Crippen molar-refractivity contribution in [3.05, 3.63) is 63.0 Å². The molecule has 0 fully saturated rings. The van der Waals surface area contributed by atoms with Gasteiger partial charge in [-0.25, -0.2) is 9.18 Å². The SMILES string of the molecule is O=C(O)c1cccc(N/N=C/c2cc(I)ccc2F)c1. The molecule has 102 valence electrons. The highest BCUT2D eigenvalue weighted by molar-refractivity contribution is 14.1. The van der Waals surface area contributed by atoms with Crippen molar-refractivity contribution in [3.63, 3.8) is 0 Å². The Morgan fingerprint density at radius 1 is 1.30 bits per heavy atom. The van der Waals surface area contributed by atoms with Crippen LogP contribution in [0.1, 0.15) is 15.9 Å². The van der Waals surface area contributed by atoms with E-state index in [-0.39, 0.29) is 11.4 Å². The van der Waals surface area contributed by atoms with Crippen molar-refractivity contribution < 1.29 is 14.3 Å². The Labute approximate surface area is 128 Å². The van der Waals surface area contributed by atoms with Crippen LogP contribution < -0.4 is 5.43 Å². The van der Waals surface area contributed by atoms with Crippen LogP contribution in [0.5, 0.6) is 0 Å². The van der Waals surface area contributed by atoms with Gasteiger partial charge in [-0.3, -0.25) is 5.43 Å². The van der Waals surface area contributed by atoms with Crippen molar-refractivity contribution >= 4 is 40.5 Å². The van der Waals surface area contributed by atoms with Gasteiger partial charge < -0.3 is 5.11 Å². The Balaban J connectivity index is 2.12. The summed E-state index contributed by atoms with van der Waals surface area (Å²) >= 11 is 2.08.